The van der Waals surface area contributed by atoms with Gasteiger partial charge < -0.3 is 0 Å². The van der Waals surface area contributed by atoms with Crippen molar-refractivity contribution in [1.29, 1.82) is 0 Å². The van der Waals surface area contributed by atoms with E-state index < -0.39 is 0 Å². The molecule has 0 fully saturated rings. The molecule has 0 N–H and O–H groups in total. The molecule has 2 nitrogen and oxygen atoms in total. The molecule has 0 saturated carbocycles. The number of carbonyl (C=O) groups excluding carboxylic acids is 2. The fraction of sp³-hybridized carbons (Fsp3) is 0.556. The molecule has 1 aliphatic carbocycles. The van der Waals surface area contributed by atoms with Gasteiger partial charge in [-0.3, -0.25) is 9.59 Å². The summed E-state index contributed by atoms with van der Waals surface area (Å²) in [5.74, 6) is 0.677. The number of Topliss-reactive ketones (excluding diaryl/α,β-unsaturated/α-hetero) is 2. The van der Waals surface area contributed by atoms with Crippen molar-refractivity contribution in [3.05, 3.63) is 58.2 Å². The topological polar surface area (TPSA) is 34.1 Å². The van der Waals surface area contributed by atoms with E-state index in [1.165, 1.54) is 18.4 Å². The summed E-state index contributed by atoms with van der Waals surface area (Å²) in [6, 6.07) is 7.15. The molecule has 0 bridgehead atoms. The number of allylic oxidation sites excluding steroid dienone is 4. The van der Waals surface area contributed by atoms with E-state index in [9.17, 15) is 9.59 Å². The SMILES string of the molecule is CC(=CCC1=C(C)C(=O)c2ccccc2C1=O)C(C)(C)CCCC(C)C(C)(C)C. The highest BCUT2D eigenvalue weighted by molar-refractivity contribution is 6.26. The van der Waals surface area contributed by atoms with Gasteiger partial charge in [0, 0.05) is 22.3 Å². The Morgan fingerprint density at radius 1 is 1.00 bits per heavy atom. The zero-order valence-corrected chi connectivity index (χ0v) is 19.6. The highest BCUT2D eigenvalue weighted by Crippen LogP contribution is 2.36. The highest BCUT2D eigenvalue weighted by atomic mass is 16.1. The van der Waals surface area contributed by atoms with Gasteiger partial charge in [-0.2, -0.15) is 0 Å². The number of benzene rings is 1. The summed E-state index contributed by atoms with van der Waals surface area (Å²) in [6.07, 6.45) is 6.24. The first kappa shape index (κ1) is 23.3. The normalized spacial score (nSPS) is 16.9. The van der Waals surface area contributed by atoms with Crippen molar-refractivity contribution >= 4 is 11.6 Å². The van der Waals surface area contributed by atoms with Crippen LogP contribution in [0.4, 0.5) is 0 Å². The van der Waals surface area contributed by atoms with Crippen molar-refractivity contribution in [2.45, 2.75) is 81.1 Å². The number of hydrogen-bond acceptors (Lipinski definition) is 2. The van der Waals surface area contributed by atoms with Gasteiger partial charge in [-0.25, -0.2) is 0 Å². The second kappa shape index (κ2) is 8.81. The van der Waals surface area contributed by atoms with E-state index in [1.807, 2.05) is 12.1 Å². The van der Waals surface area contributed by atoms with Crippen LogP contribution in [0.2, 0.25) is 0 Å². The molecular weight excluding hydrogens is 356 g/mol. The molecule has 1 aliphatic rings. The molecule has 0 amide bonds. The van der Waals surface area contributed by atoms with E-state index >= 15 is 0 Å². The zero-order valence-electron chi connectivity index (χ0n) is 19.6. The van der Waals surface area contributed by atoms with E-state index in [0.29, 0.717) is 40.0 Å². The smallest absolute Gasteiger partial charge is 0.190 e. The molecule has 29 heavy (non-hydrogen) atoms. The fourth-order valence-corrected chi connectivity index (χ4v) is 3.81. The highest BCUT2D eigenvalue weighted by Gasteiger charge is 2.29. The van der Waals surface area contributed by atoms with Crippen molar-refractivity contribution in [3.8, 4) is 0 Å². The first-order valence-electron chi connectivity index (χ1n) is 10.9. The van der Waals surface area contributed by atoms with E-state index in [0.717, 1.165) is 6.42 Å². The van der Waals surface area contributed by atoms with Gasteiger partial charge in [0.2, 0.25) is 0 Å². The fourth-order valence-electron chi connectivity index (χ4n) is 3.81. The summed E-state index contributed by atoms with van der Waals surface area (Å²) in [7, 11) is 0. The quantitative estimate of drug-likeness (QED) is 0.446. The number of ketones is 2. The van der Waals surface area contributed by atoms with Crippen LogP contribution in [0.15, 0.2) is 47.1 Å². The maximum Gasteiger partial charge on any atom is 0.190 e. The lowest BCUT2D eigenvalue weighted by molar-refractivity contribution is 0.0973. The van der Waals surface area contributed by atoms with Crippen LogP contribution in [0.3, 0.4) is 0 Å². The predicted octanol–water partition coefficient (Wildman–Crippen LogP) is 7.60. The summed E-state index contributed by atoms with van der Waals surface area (Å²) in [5.41, 5.74) is 4.04. The van der Waals surface area contributed by atoms with Crippen LogP contribution in [-0.2, 0) is 0 Å². The Bertz CT molecular complexity index is 844. The number of rotatable bonds is 7. The van der Waals surface area contributed by atoms with Crippen LogP contribution in [0.25, 0.3) is 0 Å². The number of hydrogen-bond donors (Lipinski definition) is 0. The number of fused-ring (bicyclic) bond motifs is 1. The Morgan fingerprint density at radius 2 is 1.55 bits per heavy atom. The van der Waals surface area contributed by atoms with E-state index in [4.69, 9.17) is 0 Å². The maximum absolute atomic E-state index is 12.9. The zero-order chi connectivity index (χ0) is 22.0. The molecule has 158 valence electrons. The molecule has 1 unspecified atom stereocenters. The Balaban J connectivity index is 2.09. The maximum atomic E-state index is 12.9. The minimum Gasteiger partial charge on any atom is -0.289 e. The Labute approximate surface area is 177 Å². The van der Waals surface area contributed by atoms with Gasteiger partial charge in [-0.15, -0.1) is 0 Å². The molecule has 0 aromatic heterocycles. The minimum atomic E-state index is -0.0170. The molecule has 0 spiro atoms. The molecule has 1 atom stereocenters. The van der Waals surface area contributed by atoms with Crippen molar-refractivity contribution in [2.75, 3.05) is 0 Å². The van der Waals surface area contributed by atoms with E-state index in [1.54, 1.807) is 19.1 Å². The standard InChI is InChI=1S/C27H38O2/c1-18(26(4,5)6)12-11-17-27(7,8)19(2)15-16-21-20(3)24(28)22-13-9-10-14-23(22)25(21)29/h9-10,13-15,18H,11-12,16-17H2,1-8H3. The molecule has 1 aromatic rings. The van der Waals surface area contributed by atoms with Crippen molar-refractivity contribution in [2.24, 2.45) is 16.7 Å². The lowest BCUT2D eigenvalue weighted by Crippen LogP contribution is -2.21. The molecule has 2 rings (SSSR count). The Kier molecular flexibility index (Phi) is 7.09. The molecule has 0 aliphatic heterocycles. The van der Waals surface area contributed by atoms with E-state index in [2.05, 4.69) is 54.5 Å². The van der Waals surface area contributed by atoms with Gasteiger partial charge >= 0.3 is 0 Å². The van der Waals surface area contributed by atoms with E-state index in [-0.39, 0.29) is 17.0 Å². The second-order valence-electron chi connectivity index (χ2n) is 10.4. The van der Waals surface area contributed by atoms with Gasteiger partial charge in [0.25, 0.3) is 0 Å². The van der Waals surface area contributed by atoms with Crippen molar-refractivity contribution in [3.63, 3.8) is 0 Å². The van der Waals surface area contributed by atoms with Crippen LogP contribution in [0, 0.1) is 16.7 Å². The van der Waals surface area contributed by atoms with Gasteiger partial charge in [0.1, 0.15) is 0 Å². The molecule has 1 aromatic carbocycles. The van der Waals surface area contributed by atoms with Crippen molar-refractivity contribution < 1.29 is 9.59 Å². The lowest BCUT2D eigenvalue weighted by atomic mass is 9.75. The van der Waals surface area contributed by atoms with Gasteiger partial charge in [0.15, 0.2) is 11.6 Å². The third-order valence-corrected chi connectivity index (χ3v) is 7.08. The third-order valence-electron chi connectivity index (χ3n) is 7.08. The summed E-state index contributed by atoms with van der Waals surface area (Å²) in [4.78, 5) is 25.6. The summed E-state index contributed by atoms with van der Waals surface area (Å²) in [5, 5.41) is 0. The van der Waals surface area contributed by atoms with Gasteiger partial charge in [0.05, 0.1) is 0 Å². The summed E-state index contributed by atoms with van der Waals surface area (Å²) in [6.45, 7) is 17.8. The lowest BCUT2D eigenvalue weighted by Gasteiger charge is -2.30. The molecular formula is C27H38O2. The molecule has 0 radical (unpaired) electrons. The summed E-state index contributed by atoms with van der Waals surface area (Å²) >= 11 is 0. The third kappa shape index (κ3) is 5.35. The molecule has 0 heterocycles. The Hall–Kier alpha value is -1.96. The Morgan fingerprint density at radius 3 is 2.10 bits per heavy atom. The molecule has 2 heteroatoms. The minimum absolute atomic E-state index is 0.00134. The van der Waals surface area contributed by atoms with Crippen LogP contribution in [-0.4, -0.2) is 11.6 Å². The molecule has 0 saturated heterocycles. The average molecular weight is 395 g/mol. The predicted molar refractivity (Wildman–Crippen MR) is 122 cm³/mol. The average Bonchev–Trinajstić information content (AvgIpc) is 2.65. The van der Waals surface area contributed by atoms with Crippen LogP contribution >= 0.6 is 0 Å². The van der Waals surface area contributed by atoms with Crippen LogP contribution in [0.1, 0.15) is 102 Å². The largest absolute Gasteiger partial charge is 0.289 e. The summed E-state index contributed by atoms with van der Waals surface area (Å²) < 4.78 is 0. The van der Waals surface area contributed by atoms with Gasteiger partial charge in [-0.1, -0.05) is 90.3 Å². The second-order valence-corrected chi connectivity index (χ2v) is 10.4. The van der Waals surface area contributed by atoms with Gasteiger partial charge in [-0.05, 0) is 43.4 Å². The van der Waals surface area contributed by atoms with Crippen LogP contribution < -0.4 is 0 Å². The van der Waals surface area contributed by atoms with Crippen LogP contribution in [0.5, 0.6) is 0 Å². The first-order valence-corrected chi connectivity index (χ1v) is 10.9. The number of carbonyl (C=O) groups is 2. The first-order chi connectivity index (χ1) is 13.4. The van der Waals surface area contributed by atoms with Crippen molar-refractivity contribution in [1.82, 2.24) is 0 Å². The monoisotopic (exact) mass is 394 g/mol.